The van der Waals surface area contributed by atoms with Crippen LogP contribution in [0.1, 0.15) is 17.2 Å². The molecule has 0 aromatic heterocycles. The maximum absolute atomic E-state index is 4.10. The van der Waals surface area contributed by atoms with Gasteiger partial charge in [0, 0.05) is 12.4 Å². The van der Waals surface area contributed by atoms with Crippen LogP contribution in [-0.4, -0.2) is 11.2 Å². The summed E-state index contributed by atoms with van der Waals surface area (Å²) in [4.78, 5) is 6.22. The van der Waals surface area contributed by atoms with Gasteiger partial charge in [0.05, 0.1) is 12.4 Å². The third-order valence-electron chi connectivity index (χ3n) is 2.62. The summed E-state index contributed by atoms with van der Waals surface area (Å²) in [5.74, 6) is 0. The quantitative estimate of drug-likeness (QED) is 0.602. The van der Waals surface area contributed by atoms with E-state index in [1.54, 1.807) is 0 Å². The first-order chi connectivity index (χ1) is 6.95. The molecular weight excluding hydrogens is 172 g/mol. The van der Waals surface area contributed by atoms with E-state index >= 15 is 0 Å². The number of hydrogen-bond acceptors (Lipinski definition) is 2. The Labute approximate surface area is 82.9 Å². The fraction of sp³-hybridized carbons (Fsp3) is 0.0833. The van der Waals surface area contributed by atoms with Crippen molar-refractivity contribution in [1.29, 1.82) is 0 Å². The first-order valence-corrected chi connectivity index (χ1v) is 4.70. The van der Waals surface area contributed by atoms with Crippen LogP contribution in [0.25, 0.3) is 6.08 Å². The molecule has 68 valence electrons. The molecule has 2 nitrogen and oxygen atoms in total. The average Bonchev–Trinajstić information content (AvgIpc) is 2.29. The Hall–Kier alpha value is -1.83. The zero-order valence-electron chi connectivity index (χ0n) is 7.67. The number of aliphatic imine (C=N–C) groups is 1. The summed E-state index contributed by atoms with van der Waals surface area (Å²) < 4.78 is 0. The van der Waals surface area contributed by atoms with Gasteiger partial charge in [-0.05, 0) is 23.3 Å². The second-order valence-corrected chi connectivity index (χ2v) is 3.44. The highest BCUT2D eigenvalue weighted by atomic mass is 15.2. The van der Waals surface area contributed by atoms with E-state index in [9.17, 15) is 0 Å². The molecule has 1 unspecified atom stereocenters. The lowest BCUT2D eigenvalue weighted by Gasteiger charge is -2.30. The van der Waals surface area contributed by atoms with E-state index < -0.39 is 0 Å². The Balaban J connectivity index is 2.15. The average molecular weight is 182 g/mol. The maximum Gasteiger partial charge on any atom is 0.0952 e. The van der Waals surface area contributed by atoms with Crippen molar-refractivity contribution >= 4 is 12.4 Å². The molecule has 2 heterocycles. The molecule has 0 aliphatic carbocycles. The lowest BCUT2D eigenvalue weighted by molar-refractivity contribution is 0.486. The van der Waals surface area contributed by atoms with E-state index in [0.717, 1.165) is 0 Å². The fourth-order valence-corrected chi connectivity index (χ4v) is 1.91. The molecule has 0 amide bonds. The highest BCUT2D eigenvalue weighted by Gasteiger charge is 2.20. The van der Waals surface area contributed by atoms with Crippen LogP contribution in [0.2, 0.25) is 0 Å². The smallest absolute Gasteiger partial charge is 0.0952 e. The van der Waals surface area contributed by atoms with Gasteiger partial charge >= 0.3 is 0 Å². The zero-order valence-corrected chi connectivity index (χ0v) is 7.67. The minimum Gasteiger partial charge on any atom is -0.328 e. The highest BCUT2D eigenvalue weighted by Crippen LogP contribution is 2.31. The van der Waals surface area contributed by atoms with E-state index in [1.807, 2.05) is 12.5 Å². The van der Waals surface area contributed by atoms with Crippen LogP contribution in [0, 0.1) is 0 Å². The Morgan fingerprint density at radius 3 is 3.14 bits per heavy atom. The molecule has 3 rings (SSSR count). The summed E-state index contributed by atoms with van der Waals surface area (Å²) >= 11 is 0. The van der Waals surface area contributed by atoms with Gasteiger partial charge in [-0.1, -0.05) is 24.3 Å². The van der Waals surface area contributed by atoms with E-state index in [-0.39, 0.29) is 0 Å². The molecule has 0 bridgehead atoms. The normalized spacial score (nSPS) is 22.0. The summed E-state index contributed by atoms with van der Waals surface area (Å²) in [7, 11) is 0. The molecule has 14 heavy (non-hydrogen) atoms. The monoisotopic (exact) mass is 182 g/mol. The molecule has 2 heteroatoms. The van der Waals surface area contributed by atoms with Crippen LogP contribution in [-0.2, 0) is 0 Å². The first-order valence-electron chi connectivity index (χ1n) is 4.70. The lowest BCUT2D eigenvalue weighted by Crippen LogP contribution is -2.25. The van der Waals surface area contributed by atoms with Crippen molar-refractivity contribution in [3.63, 3.8) is 0 Å². The molecule has 1 aromatic carbocycles. The van der Waals surface area contributed by atoms with Crippen molar-refractivity contribution in [2.75, 3.05) is 0 Å². The minimum atomic E-state index is 0.327. The molecule has 0 saturated carbocycles. The molecule has 0 N–H and O–H groups in total. The first kappa shape index (κ1) is 7.56. The van der Waals surface area contributed by atoms with Gasteiger partial charge in [0.2, 0.25) is 0 Å². The third kappa shape index (κ3) is 1.01. The van der Waals surface area contributed by atoms with E-state index in [2.05, 4.69) is 52.5 Å². The maximum atomic E-state index is 4.10. The largest absolute Gasteiger partial charge is 0.328 e. The number of fused-ring (bicyclic) bond motifs is 3. The SMILES string of the molecule is C1=CC2c3ccccc3C=CN2C=N1. The van der Waals surface area contributed by atoms with Gasteiger partial charge in [-0.25, -0.2) is 4.99 Å². The summed E-state index contributed by atoms with van der Waals surface area (Å²) in [5, 5.41) is 0. The Bertz CT molecular complexity index is 443. The minimum absolute atomic E-state index is 0.327. The Morgan fingerprint density at radius 1 is 1.21 bits per heavy atom. The van der Waals surface area contributed by atoms with Crippen LogP contribution in [0.3, 0.4) is 0 Å². The summed E-state index contributed by atoms with van der Waals surface area (Å²) in [6.45, 7) is 0. The third-order valence-corrected chi connectivity index (χ3v) is 2.62. The summed E-state index contributed by atoms with van der Waals surface area (Å²) in [6, 6.07) is 8.78. The molecule has 2 aliphatic rings. The molecular formula is C12H10N2. The second-order valence-electron chi connectivity index (χ2n) is 3.44. The van der Waals surface area contributed by atoms with Crippen LogP contribution in [0.5, 0.6) is 0 Å². The molecule has 0 fully saturated rings. The van der Waals surface area contributed by atoms with Crippen LogP contribution >= 0.6 is 0 Å². The van der Waals surface area contributed by atoms with Gasteiger partial charge in [0.15, 0.2) is 0 Å². The lowest BCUT2D eigenvalue weighted by atomic mass is 9.96. The fourth-order valence-electron chi connectivity index (χ4n) is 1.91. The summed E-state index contributed by atoms with van der Waals surface area (Å²) in [5.41, 5.74) is 2.64. The van der Waals surface area contributed by atoms with Crippen molar-refractivity contribution < 1.29 is 0 Å². The van der Waals surface area contributed by atoms with E-state index in [0.29, 0.717) is 6.04 Å². The van der Waals surface area contributed by atoms with Gasteiger partial charge < -0.3 is 4.90 Å². The van der Waals surface area contributed by atoms with Gasteiger partial charge in [-0.2, -0.15) is 0 Å². The van der Waals surface area contributed by atoms with Gasteiger partial charge in [0.25, 0.3) is 0 Å². The van der Waals surface area contributed by atoms with Crippen molar-refractivity contribution in [3.05, 3.63) is 53.9 Å². The van der Waals surface area contributed by atoms with Crippen LogP contribution in [0.15, 0.2) is 47.7 Å². The molecule has 0 spiro atoms. The number of nitrogens with zero attached hydrogens (tertiary/aromatic N) is 2. The second kappa shape index (κ2) is 2.84. The predicted octanol–water partition coefficient (Wildman–Crippen LogP) is 2.57. The van der Waals surface area contributed by atoms with Crippen molar-refractivity contribution in [2.45, 2.75) is 6.04 Å². The topological polar surface area (TPSA) is 15.6 Å². The summed E-state index contributed by atoms with van der Waals surface area (Å²) in [6.07, 6.45) is 10.0. The van der Waals surface area contributed by atoms with Crippen LogP contribution in [0.4, 0.5) is 0 Å². The Morgan fingerprint density at radius 2 is 2.14 bits per heavy atom. The number of rotatable bonds is 0. The van der Waals surface area contributed by atoms with Gasteiger partial charge in [0.1, 0.15) is 0 Å². The molecule has 0 saturated heterocycles. The number of benzene rings is 1. The highest BCUT2D eigenvalue weighted by molar-refractivity contribution is 5.68. The van der Waals surface area contributed by atoms with Crippen molar-refractivity contribution in [1.82, 2.24) is 4.90 Å². The van der Waals surface area contributed by atoms with Gasteiger partial charge in [-0.3, -0.25) is 0 Å². The molecule has 1 atom stereocenters. The predicted molar refractivity (Wildman–Crippen MR) is 57.7 cm³/mol. The van der Waals surface area contributed by atoms with Gasteiger partial charge in [-0.15, -0.1) is 0 Å². The van der Waals surface area contributed by atoms with Crippen molar-refractivity contribution in [2.24, 2.45) is 4.99 Å². The molecule has 0 radical (unpaired) electrons. The number of hydrogen-bond donors (Lipinski definition) is 0. The van der Waals surface area contributed by atoms with Crippen LogP contribution < -0.4 is 0 Å². The Kier molecular flexibility index (Phi) is 1.53. The van der Waals surface area contributed by atoms with E-state index in [1.165, 1.54) is 11.1 Å². The van der Waals surface area contributed by atoms with E-state index in [4.69, 9.17) is 0 Å². The molecule has 2 aliphatic heterocycles. The molecule has 1 aromatic rings. The zero-order chi connectivity index (χ0) is 9.38. The van der Waals surface area contributed by atoms with Crippen molar-refractivity contribution in [3.8, 4) is 0 Å². The standard InChI is InChI=1S/C12H10N2/c1-2-4-11-10(3-1)6-8-14-9-13-7-5-12(11)14/h1-9,12H.